The van der Waals surface area contributed by atoms with Gasteiger partial charge in [0.2, 0.25) is 0 Å². The number of hydrogen-bond donors (Lipinski definition) is 1. The minimum Gasteiger partial charge on any atom is -0.381 e. The smallest absolute Gasteiger partial charge is 0.0590 e. The Hall–Kier alpha value is -0.220. The van der Waals surface area contributed by atoms with Gasteiger partial charge in [-0.1, -0.05) is 0 Å². The molecule has 1 saturated carbocycles. The molecule has 2 rings (SSSR count). The van der Waals surface area contributed by atoms with Crippen LogP contribution in [0.25, 0.3) is 0 Å². The van der Waals surface area contributed by atoms with Gasteiger partial charge in [0, 0.05) is 23.7 Å². The summed E-state index contributed by atoms with van der Waals surface area (Å²) >= 11 is 5.49. The van der Waals surface area contributed by atoms with E-state index < -0.39 is 0 Å². The fourth-order valence-electron chi connectivity index (χ4n) is 2.00. The normalized spacial score (nSPS) is 25.5. The first-order valence-electron chi connectivity index (χ1n) is 5.18. The molecule has 1 heterocycles. The second-order valence-corrected chi connectivity index (χ2v) is 5.86. The summed E-state index contributed by atoms with van der Waals surface area (Å²) in [5.74, 6) is 0. The highest BCUT2D eigenvalue weighted by molar-refractivity contribution is 9.10. The van der Waals surface area contributed by atoms with E-state index in [2.05, 4.69) is 32.5 Å². The predicted molar refractivity (Wildman–Crippen MR) is 70.5 cm³/mol. The lowest BCUT2D eigenvalue weighted by Gasteiger charge is -2.15. The number of halogens is 1. The molecule has 1 fully saturated rings. The third-order valence-corrected chi connectivity index (χ3v) is 4.58. The molecule has 2 atom stereocenters. The van der Waals surface area contributed by atoms with Crippen LogP contribution in [0.15, 0.2) is 22.9 Å². The summed E-state index contributed by atoms with van der Waals surface area (Å²) in [5, 5.41) is 4.41. The maximum absolute atomic E-state index is 4.06. The predicted octanol–water partition coefficient (Wildman–Crippen LogP) is 3.54. The van der Waals surface area contributed by atoms with E-state index in [0.29, 0.717) is 6.04 Å². The minimum atomic E-state index is 0.626. The van der Waals surface area contributed by atoms with E-state index in [9.17, 15) is 0 Å². The van der Waals surface area contributed by atoms with Crippen molar-refractivity contribution in [1.82, 2.24) is 4.98 Å². The maximum Gasteiger partial charge on any atom is 0.0590 e. The number of aromatic nitrogens is 1. The highest BCUT2D eigenvalue weighted by Crippen LogP contribution is 2.31. The number of thioether (sulfide) groups is 1. The summed E-state index contributed by atoms with van der Waals surface area (Å²) < 4.78 is 1.05. The Morgan fingerprint density at radius 1 is 1.53 bits per heavy atom. The molecule has 0 spiro atoms. The van der Waals surface area contributed by atoms with Gasteiger partial charge in [0.25, 0.3) is 0 Å². The number of nitrogens with zero attached hydrogens (tertiary/aromatic N) is 1. The van der Waals surface area contributed by atoms with Crippen LogP contribution in [0, 0.1) is 0 Å². The van der Waals surface area contributed by atoms with Gasteiger partial charge in [0.15, 0.2) is 0 Å². The Kier molecular flexibility index (Phi) is 3.92. The van der Waals surface area contributed by atoms with E-state index in [1.165, 1.54) is 19.3 Å². The molecule has 2 unspecified atom stereocenters. The molecule has 0 saturated heterocycles. The van der Waals surface area contributed by atoms with Gasteiger partial charge in [0.05, 0.1) is 10.2 Å². The molecule has 1 aromatic rings. The van der Waals surface area contributed by atoms with Crippen LogP contribution < -0.4 is 5.32 Å². The average molecular weight is 287 g/mol. The lowest BCUT2D eigenvalue weighted by molar-refractivity contribution is 0.756. The number of rotatable bonds is 3. The summed E-state index contributed by atoms with van der Waals surface area (Å²) in [5.41, 5.74) is 1.16. The molecule has 1 aliphatic carbocycles. The third-order valence-electron chi connectivity index (χ3n) is 2.85. The van der Waals surface area contributed by atoms with E-state index in [1.807, 2.05) is 30.2 Å². The van der Waals surface area contributed by atoms with Gasteiger partial charge < -0.3 is 5.32 Å². The van der Waals surface area contributed by atoms with Crippen LogP contribution >= 0.6 is 27.7 Å². The van der Waals surface area contributed by atoms with E-state index >= 15 is 0 Å². The molecule has 0 radical (unpaired) electrons. The number of nitrogens with one attached hydrogen (secondary N) is 1. The fraction of sp³-hybridized carbons (Fsp3) is 0.545. The Bertz CT molecular complexity index is 332. The zero-order chi connectivity index (χ0) is 10.7. The molecule has 4 heteroatoms. The summed E-state index contributed by atoms with van der Waals surface area (Å²) in [6, 6.07) is 2.65. The fourth-order valence-corrected chi connectivity index (χ4v) is 3.16. The molecule has 1 aliphatic rings. The van der Waals surface area contributed by atoms with Crippen molar-refractivity contribution in [2.24, 2.45) is 0 Å². The van der Waals surface area contributed by atoms with Crippen LogP contribution in [0.3, 0.4) is 0 Å². The van der Waals surface area contributed by atoms with E-state index in [0.717, 1.165) is 15.4 Å². The number of pyridine rings is 1. The molecule has 0 amide bonds. The van der Waals surface area contributed by atoms with Gasteiger partial charge in [-0.3, -0.25) is 4.98 Å². The summed E-state index contributed by atoms with van der Waals surface area (Å²) in [6.07, 6.45) is 9.75. The van der Waals surface area contributed by atoms with Crippen LogP contribution in [-0.4, -0.2) is 22.5 Å². The van der Waals surface area contributed by atoms with Crippen molar-refractivity contribution in [3.8, 4) is 0 Å². The molecule has 82 valence electrons. The van der Waals surface area contributed by atoms with Crippen molar-refractivity contribution in [3.05, 3.63) is 22.9 Å². The van der Waals surface area contributed by atoms with Crippen LogP contribution in [0.1, 0.15) is 19.3 Å². The number of anilines is 1. The van der Waals surface area contributed by atoms with Crippen molar-refractivity contribution < 1.29 is 0 Å². The Morgan fingerprint density at radius 3 is 3.07 bits per heavy atom. The standard InChI is InChI=1S/C11H15BrN2S/c1-15-9-3-2-8(6-9)14-11-4-5-13-7-10(11)12/h4-5,7-9H,2-3,6H2,1H3,(H,13,14). The summed E-state index contributed by atoms with van der Waals surface area (Å²) in [7, 11) is 0. The first-order valence-corrected chi connectivity index (χ1v) is 7.26. The van der Waals surface area contributed by atoms with Gasteiger partial charge >= 0.3 is 0 Å². The summed E-state index contributed by atoms with van der Waals surface area (Å²) in [6.45, 7) is 0. The highest BCUT2D eigenvalue weighted by Gasteiger charge is 2.23. The molecule has 2 nitrogen and oxygen atoms in total. The Labute approximate surface area is 103 Å². The second kappa shape index (κ2) is 5.21. The third kappa shape index (κ3) is 2.88. The van der Waals surface area contributed by atoms with E-state index in [-0.39, 0.29) is 0 Å². The van der Waals surface area contributed by atoms with Crippen LogP contribution in [0.4, 0.5) is 5.69 Å². The molecule has 0 bridgehead atoms. The second-order valence-electron chi connectivity index (χ2n) is 3.87. The first-order chi connectivity index (χ1) is 7.29. The van der Waals surface area contributed by atoms with E-state index in [4.69, 9.17) is 0 Å². The monoisotopic (exact) mass is 286 g/mol. The quantitative estimate of drug-likeness (QED) is 0.920. The number of hydrogen-bond acceptors (Lipinski definition) is 3. The van der Waals surface area contributed by atoms with Crippen molar-refractivity contribution in [3.63, 3.8) is 0 Å². The zero-order valence-electron chi connectivity index (χ0n) is 8.74. The zero-order valence-corrected chi connectivity index (χ0v) is 11.1. The highest BCUT2D eigenvalue weighted by atomic mass is 79.9. The first kappa shape index (κ1) is 11.3. The molecule has 15 heavy (non-hydrogen) atoms. The van der Waals surface area contributed by atoms with Gasteiger partial charge in [-0.05, 0) is 47.5 Å². The van der Waals surface area contributed by atoms with Crippen molar-refractivity contribution in [1.29, 1.82) is 0 Å². The molecule has 1 N–H and O–H groups in total. The molecular formula is C11H15BrN2S. The van der Waals surface area contributed by atoms with Crippen LogP contribution in [-0.2, 0) is 0 Å². The lowest BCUT2D eigenvalue weighted by Crippen LogP contribution is -2.16. The van der Waals surface area contributed by atoms with Crippen LogP contribution in [0.2, 0.25) is 0 Å². The Morgan fingerprint density at radius 2 is 2.40 bits per heavy atom. The van der Waals surface area contributed by atoms with Crippen molar-refractivity contribution in [2.45, 2.75) is 30.6 Å². The molecule has 1 aromatic heterocycles. The Balaban J connectivity index is 1.96. The minimum absolute atomic E-state index is 0.626. The van der Waals surface area contributed by atoms with Gasteiger partial charge in [-0.25, -0.2) is 0 Å². The molecule has 0 aliphatic heterocycles. The van der Waals surface area contributed by atoms with Gasteiger partial charge in [0.1, 0.15) is 0 Å². The average Bonchev–Trinajstić information content (AvgIpc) is 2.69. The van der Waals surface area contributed by atoms with E-state index in [1.54, 1.807) is 0 Å². The lowest BCUT2D eigenvalue weighted by atomic mass is 10.2. The molecular weight excluding hydrogens is 272 g/mol. The van der Waals surface area contributed by atoms with Crippen LogP contribution in [0.5, 0.6) is 0 Å². The molecule has 0 aromatic carbocycles. The summed E-state index contributed by atoms with van der Waals surface area (Å²) in [4.78, 5) is 4.06. The maximum atomic E-state index is 4.06. The van der Waals surface area contributed by atoms with Crippen molar-refractivity contribution in [2.75, 3.05) is 11.6 Å². The van der Waals surface area contributed by atoms with Gasteiger partial charge in [-0.2, -0.15) is 11.8 Å². The van der Waals surface area contributed by atoms with Gasteiger partial charge in [-0.15, -0.1) is 0 Å². The SMILES string of the molecule is CSC1CCC(Nc2ccncc2Br)C1. The topological polar surface area (TPSA) is 24.9 Å². The van der Waals surface area contributed by atoms with Crippen molar-refractivity contribution >= 4 is 33.4 Å². The largest absolute Gasteiger partial charge is 0.381 e.